The van der Waals surface area contributed by atoms with Gasteiger partial charge in [0.25, 0.3) is 0 Å². The number of carbonyl (C=O) groups excluding carboxylic acids is 1. The van der Waals surface area contributed by atoms with E-state index in [4.69, 9.17) is 17.0 Å². The molecule has 24 heavy (non-hydrogen) atoms. The smallest absolute Gasteiger partial charge is 0.234 e. The van der Waals surface area contributed by atoms with Gasteiger partial charge in [-0.3, -0.25) is 4.79 Å². The Morgan fingerprint density at radius 1 is 1.50 bits per heavy atom. The van der Waals surface area contributed by atoms with Crippen molar-refractivity contribution in [1.29, 1.82) is 0 Å². The minimum atomic E-state index is -0.435. The van der Waals surface area contributed by atoms with Gasteiger partial charge in [-0.2, -0.15) is 0 Å². The Balaban J connectivity index is 1.94. The summed E-state index contributed by atoms with van der Waals surface area (Å²) in [4.78, 5) is 11.8. The first-order valence-electron chi connectivity index (χ1n) is 6.97. The zero-order valence-electron chi connectivity index (χ0n) is 12.9. The predicted molar refractivity (Wildman–Crippen MR) is 88.1 cm³/mol. The van der Waals surface area contributed by atoms with E-state index in [-0.39, 0.29) is 24.9 Å². The number of rotatable bonds is 7. The minimum absolute atomic E-state index is 0.0629. The van der Waals surface area contributed by atoms with Crippen molar-refractivity contribution in [2.75, 3.05) is 12.4 Å². The van der Waals surface area contributed by atoms with E-state index in [0.717, 1.165) is 11.8 Å². The summed E-state index contributed by atoms with van der Waals surface area (Å²) in [5, 5.41) is 10.4. The molecule has 1 amide bonds. The Kier molecular flexibility index (Phi) is 6.03. The van der Waals surface area contributed by atoms with Crippen LogP contribution in [0.15, 0.2) is 29.4 Å². The van der Waals surface area contributed by atoms with E-state index < -0.39 is 5.25 Å². The number of terminal acetylenes is 1. The van der Waals surface area contributed by atoms with Crippen LogP contribution in [0.5, 0.6) is 5.75 Å². The monoisotopic (exact) mass is 349 g/mol. The molecule has 7 nitrogen and oxygen atoms in total. The Morgan fingerprint density at radius 2 is 2.21 bits per heavy atom. The van der Waals surface area contributed by atoms with Crippen LogP contribution in [0.1, 0.15) is 12.7 Å². The molecule has 1 heterocycles. The molecule has 1 aromatic heterocycles. The third-order valence-corrected chi connectivity index (χ3v) is 3.99. The van der Waals surface area contributed by atoms with Crippen LogP contribution in [-0.2, 0) is 11.4 Å². The summed E-state index contributed by atoms with van der Waals surface area (Å²) in [5.41, 5.74) is 0. The maximum Gasteiger partial charge on any atom is 0.234 e. The molecule has 9 heteroatoms. The number of nitrogens with two attached hydrogens (primary N) is 1. The van der Waals surface area contributed by atoms with Crippen LogP contribution in [0.2, 0.25) is 0 Å². The fourth-order valence-electron chi connectivity index (χ4n) is 1.66. The van der Waals surface area contributed by atoms with E-state index in [9.17, 15) is 9.18 Å². The Labute approximate surface area is 142 Å². The predicted octanol–water partition coefficient (Wildman–Crippen LogP) is 0.940. The zero-order valence-corrected chi connectivity index (χ0v) is 13.7. The van der Waals surface area contributed by atoms with Crippen molar-refractivity contribution >= 4 is 17.7 Å². The fraction of sp³-hybridized carbons (Fsp3) is 0.267. The summed E-state index contributed by atoms with van der Waals surface area (Å²) in [5.74, 6) is 8.53. The minimum Gasteiger partial charge on any atom is -0.486 e. The first kappa shape index (κ1) is 17.6. The molecule has 126 valence electrons. The lowest BCUT2D eigenvalue weighted by molar-refractivity contribution is -0.120. The van der Waals surface area contributed by atoms with E-state index in [1.807, 2.05) is 0 Å². The van der Waals surface area contributed by atoms with Crippen molar-refractivity contribution in [3.05, 3.63) is 35.9 Å². The second kappa shape index (κ2) is 8.21. The molecule has 0 saturated carbocycles. The van der Waals surface area contributed by atoms with Crippen molar-refractivity contribution in [3.63, 3.8) is 0 Å². The number of hydrogen-bond acceptors (Lipinski definition) is 6. The number of thioether (sulfide) groups is 1. The molecule has 1 unspecified atom stereocenters. The van der Waals surface area contributed by atoms with Crippen LogP contribution in [0, 0.1) is 18.2 Å². The van der Waals surface area contributed by atoms with E-state index in [2.05, 4.69) is 21.4 Å². The zero-order chi connectivity index (χ0) is 17.5. The van der Waals surface area contributed by atoms with Crippen LogP contribution in [0.25, 0.3) is 0 Å². The number of hydrogen-bond donors (Lipinski definition) is 2. The highest BCUT2D eigenvalue weighted by molar-refractivity contribution is 8.00. The summed E-state index contributed by atoms with van der Waals surface area (Å²) in [6.07, 6.45) is 5.09. The van der Waals surface area contributed by atoms with Crippen LogP contribution < -0.4 is 15.9 Å². The maximum absolute atomic E-state index is 12.8. The molecule has 0 spiro atoms. The van der Waals surface area contributed by atoms with Gasteiger partial charge in [0.1, 0.15) is 18.2 Å². The van der Waals surface area contributed by atoms with Crippen molar-refractivity contribution in [1.82, 2.24) is 20.2 Å². The number of amides is 1. The molecule has 0 fully saturated rings. The molecule has 0 radical (unpaired) electrons. The van der Waals surface area contributed by atoms with E-state index >= 15 is 0 Å². The van der Waals surface area contributed by atoms with Gasteiger partial charge in [-0.1, -0.05) is 17.7 Å². The summed E-state index contributed by atoms with van der Waals surface area (Å²) in [7, 11) is 0. The number of carbonyl (C=O) groups is 1. The topological polar surface area (TPSA) is 95.1 Å². The molecule has 0 bridgehead atoms. The van der Waals surface area contributed by atoms with E-state index in [1.54, 1.807) is 6.92 Å². The molecule has 0 aliphatic rings. The number of aromatic nitrogens is 3. The van der Waals surface area contributed by atoms with Crippen molar-refractivity contribution in [2.45, 2.75) is 23.9 Å². The summed E-state index contributed by atoms with van der Waals surface area (Å²) < 4.78 is 19.5. The number of benzene rings is 1. The van der Waals surface area contributed by atoms with Crippen LogP contribution in [0.3, 0.4) is 0 Å². The lowest BCUT2D eigenvalue weighted by atomic mass is 10.3. The molecule has 2 rings (SSSR count). The number of nitrogen functional groups attached to an aromatic ring is 1. The molecular formula is C15H16FN5O2S. The molecule has 1 atom stereocenters. The Bertz CT molecular complexity index is 741. The normalized spacial score (nSPS) is 11.5. The first-order chi connectivity index (χ1) is 11.5. The van der Waals surface area contributed by atoms with Gasteiger partial charge in [0.15, 0.2) is 5.82 Å². The number of ether oxygens (including phenoxy) is 1. The van der Waals surface area contributed by atoms with Gasteiger partial charge in [-0.05, 0) is 31.2 Å². The summed E-state index contributed by atoms with van der Waals surface area (Å²) in [6, 6.07) is 5.58. The van der Waals surface area contributed by atoms with E-state index in [1.165, 1.54) is 28.9 Å². The van der Waals surface area contributed by atoms with Crippen molar-refractivity contribution < 1.29 is 13.9 Å². The summed E-state index contributed by atoms with van der Waals surface area (Å²) in [6.45, 7) is 1.93. The Hall–Kier alpha value is -2.73. The molecular weight excluding hydrogens is 333 g/mol. The maximum atomic E-state index is 12.8. The second-order valence-electron chi connectivity index (χ2n) is 4.69. The third kappa shape index (κ3) is 4.63. The van der Waals surface area contributed by atoms with E-state index in [0.29, 0.717) is 16.7 Å². The lowest BCUT2D eigenvalue weighted by Gasteiger charge is -2.10. The highest BCUT2D eigenvalue weighted by Crippen LogP contribution is 2.21. The second-order valence-corrected chi connectivity index (χ2v) is 6.00. The molecule has 3 N–H and O–H groups in total. The molecule has 0 aliphatic carbocycles. The molecule has 1 aromatic carbocycles. The van der Waals surface area contributed by atoms with Crippen LogP contribution in [0.4, 0.5) is 4.39 Å². The lowest BCUT2D eigenvalue weighted by Crippen LogP contribution is -2.31. The highest BCUT2D eigenvalue weighted by Gasteiger charge is 2.19. The first-order valence-corrected chi connectivity index (χ1v) is 7.84. The van der Waals surface area contributed by atoms with Gasteiger partial charge in [0, 0.05) is 0 Å². The van der Waals surface area contributed by atoms with Gasteiger partial charge in [0.2, 0.25) is 11.1 Å². The van der Waals surface area contributed by atoms with Gasteiger partial charge >= 0.3 is 0 Å². The number of nitrogens with one attached hydrogen (secondary N) is 1. The van der Waals surface area contributed by atoms with Crippen LogP contribution >= 0.6 is 11.8 Å². The SMILES string of the molecule is C#CCNC(=O)C(C)Sc1nnc(COc2ccc(F)cc2)n1N. The standard InChI is InChI=1S/C15H16FN5O2S/c1-3-8-18-14(22)10(2)24-15-20-19-13(21(15)17)9-23-12-6-4-11(16)5-7-12/h1,4-7,10H,8-9,17H2,2H3,(H,18,22). The van der Waals surface area contributed by atoms with Gasteiger partial charge in [-0.25, -0.2) is 9.07 Å². The number of halogens is 1. The molecule has 0 aliphatic heterocycles. The molecule has 2 aromatic rings. The molecule has 0 saturated heterocycles. The van der Waals surface area contributed by atoms with Crippen molar-refractivity contribution in [3.8, 4) is 18.1 Å². The average Bonchev–Trinajstić information content (AvgIpc) is 2.92. The van der Waals surface area contributed by atoms with Gasteiger partial charge < -0.3 is 15.9 Å². The highest BCUT2D eigenvalue weighted by atomic mass is 32.2. The van der Waals surface area contributed by atoms with Crippen LogP contribution in [-0.4, -0.2) is 32.6 Å². The van der Waals surface area contributed by atoms with Gasteiger partial charge in [0.05, 0.1) is 11.8 Å². The van der Waals surface area contributed by atoms with Gasteiger partial charge in [-0.15, -0.1) is 16.6 Å². The fourth-order valence-corrected chi connectivity index (χ4v) is 2.47. The third-order valence-electron chi connectivity index (χ3n) is 2.93. The van der Waals surface area contributed by atoms with Crippen molar-refractivity contribution in [2.24, 2.45) is 0 Å². The Morgan fingerprint density at radius 3 is 2.88 bits per heavy atom. The largest absolute Gasteiger partial charge is 0.486 e. The quantitative estimate of drug-likeness (QED) is 0.439. The number of nitrogens with zero attached hydrogens (tertiary/aromatic N) is 3. The average molecular weight is 349 g/mol. The summed E-state index contributed by atoms with van der Waals surface area (Å²) >= 11 is 1.15.